The number of nitrogens with zero attached hydrogens (tertiary/aromatic N) is 1. The van der Waals surface area contributed by atoms with Crippen molar-refractivity contribution in [2.45, 2.75) is 37.5 Å². The number of urea groups is 1. The summed E-state index contributed by atoms with van der Waals surface area (Å²) in [6, 6.07) is -2.29. The van der Waals surface area contributed by atoms with E-state index < -0.39 is 30.2 Å². The van der Waals surface area contributed by atoms with Gasteiger partial charge in [0.25, 0.3) is 0 Å². The summed E-state index contributed by atoms with van der Waals surface area (Å²) in [7, 11) is 0. The molecule has 3 atom stereocenters. The number of likely N-dealkylation sites (tertiary alicyclic amines) is 1. The Morgan fingerprint density at radius 1 is 1.42 bits per heavy atom. The van der Waals surface area contributed by atoms with E-state index in [4.69, 9.17) is 5.11 Å². The molecule has 2 fully saturated rings. The number of carboxylic acids is 1. The number of carbonyl (C=O) groups excluding carboxylic acids is 2. The van der Waals surface area contributed by atoms with Crippen LogP contribution in [-0.2, 0) is 9.59 Å². The fraction of sp³-hybridized carbons (Fsp3) is 0.727. The molecule has 0 aliphatic carbocycles. The van der Waals surface area contributed by atoms with E-state index >= 15 is 0 Å². The van der Waals surface area contributed by atoms with Crippen molar-refractivity contribution in [3.63, 3.8) is 0 Å². The summed E-state index contributed by atoms with van der Waals surface area (Å²) in [4.78, 5) is 35.6. The van der Waals surface area contributed by atoms with E-state index in [9.17, 15) is 19.5 Å². The Hall–Kier alpha value is -1.83. The second-order valence-electron chi connectivity index (χ2n) is 4.83. The maximum atomic E-state index is 12.0. The molecule has 0 aromatic heterocycles. The van der Waals surface area contributed by atoms with Crippen molar-refractivity contribution < 1.29 is 24.6 Å². The molecule has 2 aliphatic heterocycles. The first-order chi connectivity index (χ1) is 8.99. The first kappa shape index (κ1) is 13.6. The molecular weight excluding hydrogens is 254 g/mol. The zero-order valence-corrected chi connectivity index (χ0v) is 10.3. The number of rotatable bonds is 2. The van der Waals surface area contributed by atoms with E-state index in [1.165, 1.54) is 0 Å². The van der Waals surface area contributed by atoms with Crippen LogP contribution < -0.4 is 10.6 Å². The predicted molar refractivity (Wildman–Crippen MR) is 63.3 cm³/mol. The van der Waals surface area contributed by atoms with Crippen LogP contribution in [0.25, 0.3) is 0 Å². The van der Waals surface area contributed by atoms with Crippen LogP contribution >= 0.6 is 0 Å². The maximum absolute atomic E-state index is 12.0. The highest BCUT2D eigenvalue weighted by atomic mass is 16.4. The molecule has 1 unspecified atom stereocenters. The van der Waals surface area contributed by atoms with Gasteiger partial charge in [0, 0.05) is 19.5 Å². The summed E-state index contributed by atoms with van der Waals surface area (Å²) in [6.07, 6.45) is 0.472. The monoisotopic (exact) mass is 271 g/mol. The number of aliphatic hydroxyl groups excluding tert-OH is 1. The van der Waals surface area contributed by atoms with Crippen molar-refractivity contribution in [1.82, 2.24) is 15.5 Å². The number of aliphatic carboxylic acids is 1. The number of carboxylic acid groups (broad SMARTS) is 1. The Kier molecular flexibility index (Phi) is 3.89. The molecule has 2 saturated heterocycles. The minimum atomic E-state index is -1.15. The number of β-amino-alcohol motifs (C(OH)–C–C–N with tert-alkyl or cyclic N) is 1. The summed E-state index contributed by atoms with van der Waals surface area (Å²) >= 11 is 0. The minimum absolute atomic E-state index is 0.0135. The maximum Gasteiger partial charge on any atom is 0.326 e. The molecule has 8 heteroatoms. The molecule has 8 nitrogen and oxygen atoms in total. The molecule has 0 aromatic carbocycles. The van der Waals surface area contributed by atoms with Crippen LogP contribution in [-0.4, -0.2) is 64.3 Å². The lowest BCUT2D eigenvalue weighted by molar-refractivity contribution is -0.141. The predicted octanol–water partition coefficient (Wildman–Crippen LogP) is -1.51. The van der Waals surface area contributed by atoms with Crippen molar-refractivity contribution in [3.8, 4) is 0 Å². The normalized spacial score (nSPS) is 30.9. The molecule has 4 N–H and O–H groups in total. The van der Waals surface area contributed by atoms with E-state index in [1.807, 2.05) is 0 Å². The summed E-state index contributed by atoms with van der Waals surface area (Å²) in [5, 5.41) is 23.6. The fourth-order valence-electron chi connectivity index (χ4n) is 2.41. The zero-order chi connectivity index (χ0) is 14.0. The van der Waals surface area contributed by atoms with Crippen molar-refractivity contribution in [2.75, 3.05) is 13.1 Å². The third-order valence-electron chi connectivity index (χ3n) is 3.41. The van der Waals surface area contributed by atoms with Gasteiger partial charge in [-0.05, 0) is 12.8 Å². The van der Waals surface area contributed by atoms with Crippen LogP contribution in [0.4, 0.5) is 4.79 Å². The van der Waals surface area contributed by atoms with Gasteiger partial charge in [0.1, 0.15) is 12.1 Å². The van der Waals surface area contributed by atoms with E-state index in [1.54, 1.807) is 0 Å². The minimum Gasteiger partial charge on any atom is -0.480 e. The SMILES string of the molecule is O=C1NCCCC1NC(=O)N1C[C@@H](O)C[C@H]1C(=O)O. The van der Waals surface area contributed by atoms with Crippen molar-refractivity contribution in [1.29, 1.82) is 0 Å². The Bertz CT molecular complexity index is 400. The first-order valence-electron chi connectivity index (χ1n) is 6.24. The van der Waals surface area contributed by atoms with Crippen LogP contribution in [0.5, 0.6) is 0 Å². The van der Waals surface area contributed by atoms with Crippen LogP contribution in [0.15, 0.2) is 0 Å². The average Bonchev–Trinajstić information content (AvgIpc) is 2.74. The number of amides is 3. The first-order valence-corrected chi connectivity index (χ1v) is 6.24. The quantitative estimate of drug-likeness (QED) is 0.487. The lowest BCUT2D eigenvalue weighted by Crippen LogP contribution is -2.55. The molecule has 0 bridgehead atoms. The van der Waals surface area contributed by atoms with Crippen LogP contribution in [0, 0.1) is 0 Å². The third kappa shape index (κ3) is 2.95. The summed E-state index contributed by atoms with van der Waals surface area (Å²) < 4.78 is 0. The van der Waals surface area contributed by atoms with E-state index in [0.717, 1.165) is 11.3 Å². The standard InChI is InChI=1S/C11H17N3O5/c15-6-4-8(10(17)18)14(5-6)11(19)13-7-2-1-3-12-9(7)16/h6-8,15H,1-5H2,(H,12,16)(H,13,19)(H,17,18)/t6-,7?,8-/m0/s1. The highest BCUT2D eigenvalue weighted by Crippen LogP contribution is 2.18. The average molecular weight is 271 g/mol. The van der Waals surface area contributed by atoms with Gasteiger partial charge in [0.2, 0.25) is 5.91 Å². The Morgan fingerprint density at radius 2 is 2.16 bits per heavy atom. The van der Waals surface area contributed by atoms with Gasteiger partial charge in [0.15, 0.2) is 0 Å². The third-order valence-corrected chi connectivity index (χ3v) is 3.41. The Morgan fingerprint density at radius 3 is 2.79 bits per heavy atom. The molecule has 2 aliphatic rings. The van der Waals surface area contributed by atoms with Gasteiger partial charge in [0.05, 0.1) is 6.10 Å². The van der Waals surface area contributed by atoms with Crippen LogP contribution in [0.1, 0.15) is 19.3 Å². The molecular formula is C11H17N3O5. The summed E-state index contributed by atoms with van der Waals surface area (Å²) in [5.41, 5.74) is 0. The molecule has 0 saturated carbocycles. The van der Waals surface area contributed by atoms with Gasteiger partial charge in [-0.25, -0.2) is 9.59 Å². The number of aliphatic hydroxyl groups is 1. The number of piperidine rings is 1. The fourth-order valence-corrected chi connectivity index (χ4v) is 2.41. The topological polar surface area (TPSA) is 119 Å². The van der Waals surface area contributed by atoms with Gasteiger partial charge in [-0.1, -0.05) is 0 Å². The van der Waals surface area contributed by atoms with E-state index in [-0.39, 0.29) is 18.9 Å². The van der Waals surface area contributed by atoms with Crippen molar-refractivity contribution in [3.05, 3.63) is 0 Å². The molecule has 0 aromatic rings. The van der Waals surface area contributed by atoms with Gasteiger partial charge in [-0.15, -0.1) is 0 Å². The molecule has 106 valence electrons. The lowest BCUT2D eigenvalue weighted by atomic mass is 10.1. The van der Waals surface area contributed by atoms with E-state index in [2.05, 4.69) is 10.6 Å². The molecule has 0 spiro atoms. The van der Waals surface area contributed by atoms with E-state index in [0.29, 0.717) is 13.0 Å². The number of hydrogen-bond acceptors (Lipinski definition) is 4. The van der Waals surface area contributed by atoms with Gasteiger partial charge in [-0.2, -0.15) is 0 Å². The van der Waals surface area contributed by atoms with Crippen molar-refractivity contribution >= 4 is 17.9 Å². The zero-order valence-electron chi connectivity index (χ0n) is 10.3. The number of carbonyl (C=O) groups is 3. The van der Waals surface area contributed by atoms with Crippen LogP contribution in [0.3, 0.4) is 0 Å². The highest BCUT2D eigenvalue weighted by molar-refractivity contribution is 5.89. The number of hydrogen-bond donors (Lipinski definition) is 4. The summed E-state index contributed by atoms with van der Waals surface area (Å²) in [5.74, 6) is -1.41. The molecule has 0 radical (unpaired) electrons. The Balaban J connectivity index is 1.98. The smallest absolute Gasteiger partial charge is 0.326 e. The molecule has 19 heavy (non-hydrogen) atoms. The van der Waals surface area contributed by atoms with Gasteiger partial charge >= 0.3 is 12.0 Å². The molecule has 3 amide bonds. The highest BCUT2D eigenvalue weighted by Gasteiger charge is 2.40. The van der Waals surface area contributed by atoms with Gasteiger partial charge in [-0.3, -0.25) is 4.79 Å². The van der Waals surface area contributed by atoms with Gasteiger partial charge < -0.3 is 25.7 Å². The summed E-state index contributed by atoms with van der Waals surface area (Å²) in [6.45, 7) is 0.558. The second-order valence-corrected chi connectivity index (χ2v) is 4.83. The largest absolute Gasteiger partial charge is 0.480 e. The number of nitrogens with one attached hydrogen (secondary N) is 2. The second kappa shape index (κ2) is 5.43. The Labute approximate surface area is 109 Å². The molecule has 2 rings (SSSR count). The lowest BCUT2D eigenvalue weighted by Gasteiger charge is -2.27. The molecule has 2 heterocycles. The van der Waals surface area contributed by atoms with Crippen LogP contribution in [0.2, 0.25) is 0 Å². The van der Waals surface area contributed by atoms with Crippen molar-refractivity contribution in [2.24, 2.45) is 0 Å².